The highest BCUT2D eigenvalue weighted by molar-refractivity contribution is 5.17. The first-order valence-corrected chi connectivity index (χ1v) is 7.49. The summed E-state index contributed by atoms with van der Waals surface area (Å²) in [7, 11) is 0. The monoisotopic (exact) mass is 285 g/mol. The zero-order valence-electron chi connectivity index (χ0n) is 12.7. The maximum atomic E-state index is 9.62. The minimum absolute atomic E-state index is 0.294. The van der Waals surface area contributed by atoms with Gasteiger partial charge in [-0.3, -0.25) is 0 Å². The minimum Gasteiger partial charge on any atom is -0.388 e. The van der Waals surface area contributed by atoms with Crippen LogP contribution >= 0.6 is 0 Å². The maximum Gasteiger partial charge on any atom is 0.118 e. The summed E-state index contributed by atoms with van der Waals surface area (Å²) in [6, 6.07) is 14.7. The average molecular weight is 285 g/mol. The van der Waals surface area contributed by atoms with Crippen LogP contribution in [0.1, 0.15) is 18.2 Å². The number of rotatable bonds is 8. The fourth-order valence-corrected chi connectivity index (χ4v) is 2.65. The molecule has 1 aromatic heterocycles. The van der Waals surface area contributed by atoms with Crippen LogP contribution < -0.4 is 4.90 Å². The first-order chi connectivity index (χ1) is 10.2. The van der Waals surface area contributed by atoms with Gasteiger partial charge in [-0.1, -0.05) is 36.9 Å². The van der Waals surface area contributed by atoms with E-state index in [-0.39, 0.29) is 6.10 Å². The molecule has 0 amide bonds. The Bertz CT molecular complexity index is 545. The van der Waals surface area contributed by atoms with Gasteiger partial charge in [-0.2, -0.15) is 0 Å². The Balaban J connectivity index is 2.06. The van der Waals surface area contributed by atoms with Crippen LogP contribution in [0.3, 0.4) is 0 Å². The van der Waals surface area contributed by atoms with E-state index in [2.05, 4.69) is 53.7 Å². The molecule has 3 nitrogen and oxygen atoms in total. The third kappa shape index (κ3) is 4.88. The standard InChI is InChI=1S/C18H24N2O/c1-3-11-19(13-16(2)21)15-18-10-7-12-20(18)14-17-8-5-4-6-9-17/h3-10,12,16,21H,1,11,13-15H2,2H3/p+1/t16-/m0/s1. The lowest BCUT2D eigenvalue weighted by atomic mass is 10.2. The Kier molecular flexibility index (Phi) is 5.78. The molecule has 0 bridgehead atoms. The van der Waals surface area contributed by atoms with Gasteiger partial charge in [0.05, 0.1) is 12.2 Å². The summed E-state index contributed by atoms with van der Waals surface area (Å²) in [6.07, 6.45) is 3.75. The number of aliphatic hydroxyl groups excluding tert-OH is 1. The first kappa shape index (κ1) is 15.5. The summed E-state index contributed by atoms with van der Waals surface area (Å²) in [5.74, 6) is 0. The summed E-state index contributed by atoms with van der Waals surface area (Å²) in [5, 5.41) is 9.62. The average Bonchev–Trinajstić information content (AvgIpc) is 2.87. The zero-order chi connectivity index (χ0) is 15.1. The van der Waals surface area contributed by atoms with Gasteiger partial charge in [0, 0.05) is 12.7 Å². The number of benzene rings is 1. The molecule has 0 radical (unpaired) electrons. The van der Waals surface area contributed by atoms with Crippen LogP contribution in [0.15, 0.2) is 61.3 Å². The van der Waals surface area contributed by atoms with Gasteiger partial charge in [-0.05, 0) is 30.7 Å². The SMILES string of the molecule is C=CC[NH+](Cc1cccn1Cc1ccccc1)C[C@H](C)O. The molecule has 2 aromatic rings. The molecule has 0 aliphatic rings. The van der Waals surface area contributed by atoms with Crippen molar-refractivity contribution < 1.29 is 10.0 Å². The highest BCUT2D eigenvalue weighted by Crippen LogP contribution is 2.07. The van der Waals surface area contributed by atoms with Crippen LogP contribution in [0, 0.1) is 0 Å². The zero-order valence-corrected chi connectivity index (χ0v) is 12.7. The predicted molar refractivity (Wildman–Crippen MR) is 86.3 cm³/mol. The van der Waals surface area contributed by atoms with Gasteiger partial charge in [-0.25, -0.2) is 0 Å². The van der Waals surface area contributed by atoms with Gasteiger partial charge in [0.2, 0.25) is 0 Å². The third-order valence-corrected chi connectivity index (χ3v) is 3.57. The van der Waals surface area contributed by atoms with E-state index in [1.165, 1.54) is 16.2 Å². The molecule has 0 saturated heterocycles. The van der Waals surface area contributed by atoms with E-state index in [4.69, 9.17) is 0 Å². The van der Waals surface area contributed by atoms with Crippen molar-refractivity contribution in [3.05, 3.63) is 72.6 Å². The molecule has 0 saturated carbocycles. The smallest absolute Gasteiger partial charge is 0.118 e. The number of hydrogen-bond donors (Lipinski definition) is 2. The molecule has 1 unspecified atom stereocenters. The van der Waals surface area contributed by atoms with Crippen molar-refractivity contribution in [3.8, 4) is 0 Å². The fraction of sp³-hybridized carbons (Fsp3) is 0.333. The van der Waals surface area contributed by atoms with Crippen molar-refractivity contribution in [1.29, 1.82) is 0 Å². The van der Waals surface area contributed by atoms with Gasteiger partial charge >= 0.3 is 0 Å². The van der Waals surface area contributed by atoms with Crippen molar-refractivity contribution in [2.24, 2.45) is 0 Å². The number of aromatic nitrogens is 1. The predicted octanol–water partition coefficient (Wildman–Crippen LogP) is 1.49. The molecule has 2 rings (SSSR count). The molecule has 0 spiro atoms. The highest BCUT2D eigenvalue weighted by atomic mass is 16.3. The Morgan fingerprint density at radius 1 is 1.24 bits per heavy atom. The fourth-order valence-electron chi connectivity index (χ4n) is 2.65. The van der Waals surface area contributed by atoms with E-state index in [1.807, 2.05) is 19.1 Å². The van der Waals surface area contributed by atoms with E-state index in [9.17, 15) is 5.11 Å². The maximum absolute atomic E-state index is 9.62. The number of aliphatic hydroxyl groups is 1. The van der Waals surface area contributed by atoms with E-state index in [1.54, 1.807) is 0 Å². The second-order valence-electron chi connectivity index (χ2n) is 5.59. The summed E-state index contributed by atoms with van der Waals surface area (Å²) >= 11 is 0. The van der Waals surface area contributed by atoms with Crippen LogP contribution in [0.25, 0.3) is 0 Å². The van der Waals surface area contributed by atoms with Crippen LogP contribution in [0.4, 0.5) is 0 Å². The minimum atomic E-state index is -0.294. The van der Waals surface area contributed by atoms with E-state index in [0.717, 1.165) is 26.2 Å². The Labute approximate surface area is 127 Å². The normalized spacial score (nSPS) is 13.8. The van der Waals surface area contributed by atoms with Gasteiger partial charge in [0.15, 0.2) is 0 Å². The number of nitrogens with one attached hydrogen (secondary N) is 1. The van der Waals surface area contributed by atoms with Gasteiger partial charge in [0.1, 0.15) is 19.2 Å². The molecular weight excluding hydrogens is 260 g/mol. The van der Waals surface area contributed by atoms with Crippen molar-refractivity contribution >= 4 is 0 Å². The Hall–Kier alpha value is -1.84. The molecule has 1 aromatic carbocycles. The second kappa shape index (κ2) is 7.81. The molecule has 21 heavy (non-hydrogen) atoms. The van der Waals surface area contributed by atoms with Crippen molar-refractivity contribution in [2.45, 2.75) is 26.1 Å². The van der Waals surface area contributed by atoms with Gasteiger partial charge in [-0.15, -0.1) is 0 Å². The molecule has 3 heteroatoms. The molecule has 112 valence electrons. The Morgan fingerprint density at radius 3 is 2.67 bits per heavy atom. The van der Waals surface area contributed by atoms with Crippen molar-refractivity contribution in [2.75, 3.05) is 13.1 Å². The Morgan fingerprint density at radius 2 is 2.00 bits per heavy atom. The van der Waals surface area contributed by atoms with E-state index in [0.29, 0.717) is 0 Å². The quantitative estimate of drug-likeness (QED) is 0.707. The number of hydrogen-bond acceptors (Lipinski definition) is 1. The summed E-state index contributed by atoms with van der Waals surface area (Å²) in [4.78, 5) is 1.33. The van der Waals surface area contributed by atoms with Gasteiger partial charge in [0.25, 0.3) is 0 Å². The first-order valence-electron chi connectivity index (χ1n) is 7.49. The lowest BCUT2D eigenvalue weighted by Gasteiger charge is -2.20. The van der Waals surface area contributed by atoms with E-state index >= 15 is 0 Å². The lowest BCUT2D eigenvalue weighted by Crippen LogP contribution is -3.11. The van der Waals surface area contributed by atoms with E-state index < -0.39 is 0 Å². The van der Waals surface area contributed by atoms with Crippen LogP contribution in [0.5, 0.6) is 0 Å². The highest BCUT2D eigenvalue weighted by Gasteiger charge is 2.13. The summed E-state index contributed by atoms with van der Waals surface area (Å²) in [5.41, 5.74) is 2.59. The summed E-state index contributed by atoms with van der Waals surface area (Å²) in [6.45, 7) is 9.05. The second-order valence-corrected chi connectivity index (χ2v) is 5.59. The van der Waals surface area contributed by atoms with Gasteiger partial charge < -0.3 is 14.6 Å². The topological polar surface area (TPSA) is 29.6 Å². The number of quaternary nitrogens is 1. The number of nitrogens with zero attached hydrogens (tertiary/aromatic N) is 1. The van der Waals surface area contributed by atoms with Crippen LogP contribution in [-0.2, 0) is 13.1 Å². The molecule has 0 fully saturated rings. The molecular formula is C18H25N2O+. The molecule has 2 N–H and O–H groups in total. The third-order valence-electron chi connectivity index (χ3n) is 3.57. The largest absolute Gasteiger partial charge is 0.388 e. The summed E-state index contributed by atoms with van der Waals surface area (Å²) < 4.78 is 2.28. The van der Waals surface area contributed by atoms with Crippen LogP contribution in [-0.4, -0.2) is 28.9 Å². The lowest BCUT2D eigenvalue weighted by molar-refractivity contribution is -0.911. The molecule has 0 aliphatic heterocycles. The van der Waals surface area contributed by atoms with Crippen LogP contribution in [0.2, 0.25) is 0 Å². The molecule has 2 atom stereocenters. The van der Waals surface area contributed by atoms with Crippen molar-refractivity contribution in [1.82, 2.24) is 4.57 Å². The van der Waals surface area contributed by atoms with Crippen molar-refractivity contribution in [3.63, 3.8) is 0 Å². The molecule has 0 aliphatic carbocycles. The molecule has 1 heterocycles.